The summed E-state index contributed by atoms with van der Waals surface area (Å²) in [5, 5.41) is 18.7. The molecule has 4 nitrogen and oxygen atoms in total. The molecule has 7 heteroatoms. The number of rotatable bonds is 4. The topological polar surface area (TPSA) is 64.3 Å². The van der Waals surface area contributed by atoms with Gasteiger partial charge < -0.3 is 10.0 Å². The van der Waals surface area contributed by atoms with Gasteiger partial charge in [-0.05, 0) is 73.9 Å². The summed E-state index contributed by atoms with van der Waals surface area (Å²) in [6, 6.07) is 14.7. The number of amides is 1. The Bertz CT molecular complexity index is 952. The first-order chi connectivity index (χ1) is 14.5. The molecule has 31 heavy (non-hydrogen) atoms. The van der Waals surface area contributed by atoms with Gasteiger partial charge in [-0.3, -0.25) is 4.79 Å². The molecule has 2 aromatic rings. The van der Waals surface area contributed by atoms with Crippen molar-refractivity contribution in [1.29, 1.82) is 5.26 Å². The molecule has 0 spiro atoms. The van der Waals surface area contributed by atoms with E-state index in [2.05, 4.69) is 6.07 Å². The van der Waals surface area contributed by atoms with Crippen molar-refractivity contribution in [2.75, 3.05) is 7.05 Å². The molecule has 0 unspecified atom stereocenters. The molecule has 1 N–H and O–H groups in total. The molecule has 0 bridgehead atoms. The van der Waals surface area contributed by atoms with Gasteiger partial charge in [-0.2, -0.15) is 18.4 Å². The Morgan fingerprint density at radius 3 is 2.06 bits per heavy atom. The van der Waals surface area contributed by atoms with Crippen molar-refractivity contribution in [1.82, 2.24) is 4.90 Å². The second kappa shape index (κ2) is 8.72. The Labute approximate surface area is 179 Å². The van der Waals surface area contributed by atoms with Crippen LogP contribution in [0.15, 0.2) is 48.5 Å². The molecule has 1 atom stereocenters. The van der Waals surface area contributed by atoms with Crippen LogP contribution in [0.3, 0.4) is 0 Å². The maximum atomic E-state index is 13.0. The van der Waals surface area contributed by atoms with Gasteiger partial charge in [0.15, 0.2) is 5.60 Å². The van der Waals surface area contributed by atoms with Crippen LogP contribution >= 0.6 is 0 Å². The Morgan fingerprint density at radius 1 is 1.03 bits per heavy atom. The number of nitriles is 1. The van der Waals surface area contributed by atoms with E-state index in [0.717, 1.165) is 37.8 Å². The average Bonchev–Trinajstić information content (AvgIpc) is 2.77. The summed E-state index contributed by atoms with van der Waals surface area (Å²) in [6.45, 7) is 0.697. The number of benzene rings is 2. The summed E-state index contributed by atoms with van der Waals surface area (Å²) in [6.07, 6.45) is -1.31. The number of halogens is 3. The van der Waals surface area contributed by atoms with Crippen molar-refractivity contribution in [2.45, 2.75) is 56.3 Å². The molecule has 1 aliphatic rings. The minimum atomic E-state index is -4.80. The van der Waals surface area contributed by atoms with Crippen LogP contribution in [-0.4, -0.2) is 35.2 Å². The maximum Gasteiger partial charge on any atom is 0.421 e. The van der Waals surface area contributed by atoms with E-state index < -0.39 is 11.8 Å². The normalized spacial score (nSPS) is 21.1. The summed E-state index contributed by atoms with van der Waals surface area (Å²) < 4.78 is 39.0. The highest BCUT2D eigenvalue weighted by Gasteiger charge is 2.51. The van der Waals surface area contributed by atoms with E-state index in [9.17, 15) is 23.1 Å². The standard InChI is InChI=1S/C24H25F3N2O2/c1-23(31,24(25,26)27)20-11-7-19(8-12-20)22(30)29(2)21-13-9-18(10-14-21)17-5-3-16(15-28)4-6-17/h3-8,11-12,18,21,31H,9-10,13-14H2,1-2H3/t18-,21+,23-/m0/s1. The summed E-state index contributed by atoms with van der Waals surface area (Å²) in [7, 11) is 1.72. The Morgan fingerprint density at radius 2 is 1.58 bits per heavy atom. The summed E-state index contributed by atoms with van der Waals surface area (Å²) in [4.78, 5) is 14.5. The minimum Gasteiger partial charge on any atom is -0.376 e. The lowest BCUT2D eigenvalue weighted by Crippen LogP contribution is -2.40. The fourth-order valence-electron chi connectivity index (χ4n) is 4.10. The molecule has 1 aliphatic carbocycles. The number of hydrogen-bond acceptors (Lipinski definition) is 3. The van der Waals surface area contributed by atoms with E-state index in [1.54, 1.807) is 11.9 Å². The molecule has 1 saturated carbocycles. The zero-order valence-electron chi connectivity index (χ0n) is 17.5. The third kappa shape index (κ3) is 4.75. The average molecular weight is 430 g/mol. The number of carbonyl (C=O) groups is 1. The van der Waals surface area contributed by atoms with Crippen LogP contribution in [0.5, 0.6) is 0 Å². The molecular formula is C24H25F3N2O2. The van der Waals surface area contributed by atoms with Gasteiger partial charge >= 0.3 is 6.18 Å². The van der Waals surface area contributed by atoms with Crippen molar-refractivity contribution in [3.63, 3.8) is 0 Å². The predicted octanol–water partition coefficient (Wildman–Crippen LogP) is 5.13. The SMILES string of the molecule is CN(C(=O)c1ccc([C@](C)(O)C(F)(F)F)cc1)[C@H]1CC[C@@H](c2ccc(C#N)cc2)CC1. The largest absolute Gasteiger partial charge is 0.421 e. The second-order valence-electron chi connectivity index (χ2n) is 8.30. The highest BCUT2D eigenvalue weighted by Crippen LogP contribution is 2.39. The van der Waals surface area contributed by atoms with Crippen LogP contribution < -0.4 is 0 Å². The molecule has 0 aromatic heterocycles. The van der Waals surface area contributed by atoms with Gasteiger partial charge in [0.2, 0.25) is 0 Å². The van der Waals surface area contributed by atoms with Gasteiger partial charge in [0.25, 0.3) is 5.91 Å². The number of aliphatic hydroxyl groups is 1. The fraction of sp³-hybridized carbons (Fsp3) is 0.417. The van der Waals surface area contributed by atoms with Crippen LogP contribution in [0, 0.1) is 11.3 Å². The van der Waals surface area contributed by atoms with Crippen molar-refractivity contribution < 1.29 is 23.1 Å². The van der Waals surface area contributed by atoms with Crippen LogP contribution in [-0.2, 0) is 5.60 Å². The molecule has 1 fully saturated rings. The Balaban J connectivity index is 1.62. The molecule has 0 radical (unpaired) electrons. The maximum absolute atomic E-state index is 13.0. The molecule has 0 saturated heterocycles. The van der Waals surface area contributed by atoms with E-state index in [0.29, 0.717) is 24.0 Å². The molecular weight excluding hydrogens is 405 g/mol. The molecule has 2 aromatic carbocycles. The van der Waals surface area contributed by atoms with Gasteiger partial charge in [-0.1, -0.05) is 24.3 Å². The third-order valence-corrected chi connectivity index (χ3v) is 6.32. The summed E-state index contributed by atoms with van der Waals surface area (Å²) >= 11 is 0. The van der Waals surface area contributed by atoms with E-state index in [4.69, 9.17) is 5.26 Å². The van der Waals surface area contributed by atoms with E-state index in [1.165, 1.54) is 17.7 Å². The van der Waals surface area contributed by atoms with Gasteiger partial charge in [-0.15, -0.1) is 0 Å². The summed E-state index contributed by atoms with van der Waals surface area (Å²) in [5.74, 6) is 0.136. The number of nitrogens with zero attached hydrogens (tertiary/aromatic N) is 2. The number of alkyl halides is 3. The van der Waals surface area contributed by atoms with Gasteiger partial charge in [0.1, 0.15) is 0 Å². The number of carbonyl (C=O) groups excluding carboxylic acids is 1. The fourth-order valence-corrected chi connectivity index (χ4v) is 4.10. The van der Waals surface area contributed by atoms with Crippen molar-refractivity contribution in [3.05, 3.63) is 70.8 Å². The first-order valence-electron chi connectivity index (χ1n) is 10.2. The zero-order chi connectivity index (χ0) is 22.8. The lowest BCUT2D eigenvalue weighted by atomic mass is 9.81. The minimum absolute atomic E-state index is 0.0556. The number of hydrogen-bond donors (Lipinski definition) is 1. The van der Waals surface area contributed by atoms with Crippen LogP contribution in [0.2, 0.25) is 0 Å². The van der Waals surface area contributed by atoms with Gasteiger partial charge in [0, 0.05) is 18.7 Å². The molecule has 1 amide bonds. The van der Waals surface area contributed by atoms with Crippen molar-refractivity contribution in [2.24, 2.45) is 0 Å². The molecule has 0 heterocycles. The van der Waals surface area contributed by atoms with Crippen LogP contribution in [0.25, 0.3) is 0 Å². The van der Waals surface area contributed by atoms with E-state index in [1.807, 2.05) is 24.3 Å². The van der Waals surface area contributed by atoms with E-state index in [-0.39, 0.29) is 17.5 Å². The monoisotopic (exact) mass is 430 g/mol. The first kappa shape index (κ1) is 22.8. The second-order valence-corrected chi connectivity index (χ2v) is 8.30. The summed E-state index contributed by atoms with van der Waals surface area (Å²) in [5.41, 5.74) is -1.16. The first-order valence-corrected chi connectivity index (χ1v) is 10.2. The quantitative estimate of drug-likeness (QED) is 0.732. The highest BCUT2D eigenvalue weighted by atomic mass is 19.4. The molecule has 164 valence electrons. The predicted molar refractivity (Wildman–Crippen MR) is 110 cm³/mol. The molecule has 0 aliphatic heterocycles. The van der Waals surface area contributed by atoms with Crippen molar-refractivity contribution >= 4 is 5.91 Å². The smallest absolute Gasteiger partial charge is 0.376 e. The van der Waals surface area contributed by atoms with Gasteiger partial charge in [0.05, 0.1) is 11.6 Å². The van der Waals surface area contributed by atoms with Crippen molar-refractivity contribution in [3.8, 4) is 6.07 Å². The van der Waals surface area contributed by atoms with E-state index >= 15 is 0 Å². The van der Waals surface area contributed by atoms with Gasteiger partial charge in [-0.25, -0.2) is 0 Å². The highest BCUT2D eigenvalue weighted by molar-refractivity contribution is 5.94. The van der Waals surface area contributed by atoms with Crippen LogP contribution in [0.4, 0.5) is 13.2 Å². The zero-order valence-corrected chi connectivity index (χ0v) is 17.5. The third-order valence-electron chi connectivity index (χ3n) is 6.32. The molecule has 3 rings (SSSR count). The lowest BCUT2D eigenvalue weighted by molar-refractivity contribution is -0.258. The Kier molecular flexibility index (Phi) is 6.42. The Hall–Kier alpha value is -2.85. The van der Waals surface area contributed by atoms with Crippen LogP contribution in [0.1, 0.15) is 65.6 Å². The lowest BCUT2D eigenvalue weighted by Gasteiger charge is -2.35.